The number of rotatable bonds is 8. The van der Waals surface area contributed by atoms with Crippen molar-refractivity contribution in [2.24, 2.45) is 5.92 Å². The number of thiazole rings is 1. The standard InChI is InChI=1S/C21H28ClN5O2S/c1-15(2)7-8-23-19(28)13-26-9-11-27(12-10-26)20(29)18-14-30-21(25-18)24-17-6-4-3-5-16(17)22/h3-6,14-15H,7-13H2,1-2H3,(H,23,28)(H,24,25). The predicted octanol–water partition coefficient (Wildman–Crippen LogP) is 3.46. The molecule has 0 bridgehead atoms. The van der Waals surface area contributed by atoms with Crippen molar-refractivity contribution in [2.45, 2.75) is 20.3 Å². The van der Waals surface area contributed by atoms with Crippen LogP contribution in [0, 0.1) is 5.92 Å². The van der Waals surface area contributed by atoms with E-state index in [0.717, 1.165) is 12.1 Å². The molecule has 3 rings (SSSR count). The highest BCUT2D eigenvalue weighted by Crippen LogP contribution is 2.27. The minimum Gasteiger partial charge on any atom is -0.355 e. The summed E-state index contributed by atoms with van der Waals surface area (Å²) in [6, 6.07) is 7.41. The Morgan fingerprint density at radius 3 is 2.63 bits per heavy atom. The molecule has 0 spiro atoms. The zero-order chi connectivity index (χ0) is 21.5. The number of amides is 2. The molecule has 1 aromatic carbocycles. The molecular weight excluding hydrogens is 422 g/mol. The van der Waals surface area contributed by atoms with E-state index in [1.54, 1.807) is 16.3 Å². The third-order valence-electron chi connectivity index (χ3n) is 4.91. The van der Waals surface area contributed by atoms with Gasteiger partial charge in [0.05, 0.1) is 17.3 Å². The first-order valence-corrected chi connectivity index (χ1v) is 11.4. The molecule has 0 aliphatic carbocycles. The van der Waals surface area contributed by atoms with Crippen LogP contribution in [0.25, 0.3) is 0 Å². The quantitative estimate of drug-likeness (QED) is 0.645. The van der Waals surface area contributed by atoms with Crippen molar-refractivity contribution in [3.63, 3.8) is 0 Å². The lowest BCUT2D eigenvalue weighted by Gasteiger charge is -2.34. The van der Waals surface area contributed by atoms with E-state index in [1.165, 1.54) is 11.3 Å². The van der Waals surface area contributed by atoms with Gasteiger partial charge in [0.25, 0.3) is 5.91 Å². The van der Waals surface area contributed by atoms with Gasteiger partial charge in [-0.05, 0) is 24.5 Å². The Kier molecular flexibility index (Phi) is 8.07. The lowest BCUT2D eigenvalue weighted by molar-refractivity contribution is -0.122. The van der Waals surface area contributed by atoms with Crippen LogP contribution in [0.3, 0.4) is 0 Å². The Morgan fingerprint density at radius 2 is 1.93 bits per heavy atom. The number of carbonyl (C=O) groups is 2. The fourth-order valence-corrected chi connectivity index (χ4v) is 4.02. The number of nitrogens with zero attached hydrogens (tertiary/aromatic N) is 3. The van der Waals surface area contributed by atoms with Crippen LogP contribution in [0.2, 0.25) is 5.02 Å². The SMILES string of the molecule is CC(C)CCNC(=O)CN1CCN(C(=O)c2csc(Nc3ccccc3Cl)n2)CC1. The third kappa shape index (κ3) is 6.42. The van der Waals surface area contributed by atoms with Crippen molar-refractivity contribution in [3.8, 4) is 0 Å². The van der Waals surface area contributed by atoms with Gasteiger partial charge in [0.1, 0.15) is 5.69 Å². The zero-order valence-corrected chi connectivity index (χ0v) is 18.9. The first-order chi connectivity index (χ1) is 14.4. The number of hydrogen-bond donors (Lipinski definition) is 2. The Bertz CT molecular complexity index is 865. The molecule has 1 aromatic heterocycles. The van der Waals surface area contributed by atoms with E-state index in [4.69, 9.17) is 11.6 Å². The lowest BCUT2D eigenvalue weighted by atomic mass is 10.1. The second-order valence-electron chi connectivity index (χ2n) is 7.74. The molecule has 1 aliphatic heterocycles. The molecule has 1 saturated heterocycles. The summed E-state index contributed by atoms with van der Waals surface area (Å²) in [5.41, 5.74) is 1.18. The Morgan fingerprint density at radius 1 is 1.20 bits per heavy atom. The van der Waals surface area contributed by atoms with Crippen LogP contribution in [0.5, 0.6) is 0 Å². The highest BCUT2D eigenvalue weighted by Gasteiger charge is 2.25. The number of anilines is 2. The van der Waals surface area contributed by atoms with Crippen LogP contribution < -0.4 is 10.6 Å². The van der Waals surface area contributed by atoms with Gasteiger partial charge in [-0.15, -0.1) is 11.3 Å². The number of nitrogens with one attached hydrogen (secondary N) is 2. The fourth-order valence-electron chi connectivity index (χ4n) is 3.14. The summed E-state index contributed by atoms with van der Waals surface area (Å²) in [7, 11) is 0. The highest BCUT2D eigenvalue weighted by atomic mass is 35.5. The van der Waals surface area contributed by atoms with E-state index in [2.05, 4.69) is 34.4 Å². The number of para-hydroxylation sites is 1. The molecule has 0 radical (unpaired) electrons. The molecule has 0 unspecified atom stereocenters. The van der Waals surface area contributed by atoms with Gasteiger partial charge >= 0.3 is 0 Å². The summed E-state index contributed by atoms with van der Waals surface area (Å²) >= 11 is 7.53. The number of benzene rings is 1. The van der Waals surface area contributed by atoms with Crippen LogP contribution in [0.1, 0.15) is 30.8 Å². The van der Waals surface area contributed by atoms with Crippen molar-refractivity contribution in [1.82, 2.24) is 20.1 Å². The van der Waals surface area contributed by atoms with Crippen molar-refractivity contribution in [1.29, 1.82) is 0 Å². The molecule has 2 amide bonds. The van der Waals surface area contributed by atoms with Gasteiger partial charge in [0.15, 0.2) is 5.13 Å². The largest absolute Gasteiger partial charge is 0.355 e. The normalized spacial score (nSPS) is 14.7. The monoisotopic (exact) mass is 449 g/mol. The van der Waals surface area contributed by atoms with Crippen LogP contribution in [-0.2, 0) is 4.79 Å². The number of carbonyl (C=O) groups excluding carboxylic acids is 2. The van der Waals surface area contributed by atoms with Crippen molar-refractivity contribution >= 4 is 45.6 Å². The van der Waals surface area contributed by atoms with Gasteiger partial charge in [0, 0.05) is 38.1 Å². The predicted molar refractivity (Wildman–Crippen MR) is 122 cm³/mol. The molecule has 1 fully saturated rings. The van der Waals surface area contributed by atoms with E-state index >= 15 is 0 Å². The minimum atomic E-state index is -0.0838. The molecule has 2 heterocycles. The van der Waals surface area contributed by atoms with E-state index in [9.17, 15) is 9.59 Å². The van der Waals surface area contributed by atoms with Crippen molar-refractivity contribution in [3.05, 3.63) is 40.4 Å². The van der Waals surface area contributed by atoms with Crippen molar-refractivity contribution < 1.29 is 9.59 Å². The van der Waals surface area contributed by atoms with Crippen molar-refractivity contribution in [2.75, 3.05) is 44.6 Å². The molecule has 30 heavy (non-hydrogen) atoms. The first kappa shape index (κ1) is 22.5. The van der Waals surface area contributed by atoms with E-state index < -0.39 is 0 Å². The maximum atomic E-state index is 12.8. The number of hydrogen-bond acceptors (Lipinski definition) is 6. The molecule has 2 aromatic rings. The second-order valence-corrected chi connectivity index (χ2v) is 9.01. The summed E-state index contributed by atoms with van der Waals surface area (Å²) in [4.78, 5) is 33.1. The van der Waals surface area contributed by atoms with E-state index in [-0.39, 0.29) is 11.8 Å². The third-order valence-corrected chi connectivity index (χ3v) is 6.00. The molecule has 7 nitrogen and oxygen atoms in total. The summed E-state index contributed by atoms with van der Waals surface area (Å²) in [6.07, 6.45) is 0.981. The second kappa shape index (κ2) is 10.7. The number of halogens is 1. The van der Waals surface area contributed by atoms with Gasteiger partial charge < -0.3 is 15.5 Å². The molecule has 0 saturated carbocycles. The maximum Gasteiger partial charge on any atom is 0.273 e. The van der Waals surface area contributed by atoms with Gasteiger partial charge in [0.2, 0.25) is 5.91 Å². The van der Waals surface area contributed by atoms with Crippen LogP contribution in [-0.4, -0.2) is 65.9 Å². The van der Waals surface area contributed by atoms with Gasteiger partial charge in [-0.25, -0.2) is 4.98 Å². The summed E-state index contributed by atoms with van der Waals surface area (Å²) in [6.45, 7) is 7.90. The average Bonchev–Trinajstić information content (AvgIpc) is 3.18. The number of piperazine rings is 1. The Hall–Kier alpha value is -2.16. The maximum absolute atomic E-state index is 12.8. The van der Waals surface area contributed by atoms with E-state index in [1.807, 2.05) is 18.2 Å². The molecule has 162 valence electrons. The first-order valence-electron chi connectivity index (χ1n) is 10.2. The molecule has 1 aliphatic rings. The smallest absolute Gasteiger partial charge is 0.273 e. The van der Waals surface area contributed by atoms with E-state index in [0.29, 0.717) is 61.0 Å². The topological polar surface area (TPSA) is 77.6 Å². The van der Waals surface area contributed by atoms with Gasteiger partial charge in [-0.2, -0.15) is 0 Å². The van der Waals surface area contributed by atoms with Gasteiger partial charge in [-0.3, -0.25) is 14.5 Å². The summed E-state index contributed by atoms with van der Waals surface area (Å²) in [5.74, 6) is 0.538. The Labute approximate surface area is 186 Å². The molecule has 2 N–H and O–H groups in total. The fraction of sp³-hybridized carbons (Fsp3) is 0.476. The summed E-state index contributed by atoms with van der Waals surface area (Å²) < 4.78 is 0. The zero-order valence-electron chi connectivity index (χ0n) is 17.4. The van der Waals surface area contributed by atoms with Gasteiger partial charge in [-0.1, -0.05) is 37.6 Å². The average molecular weight is 450 g/mol. The minimum absolute atomic E-state index is 0.0465. The van der Waals surface area contributed by atoms with Crippen LogP contribution in [0.4, 0.5) is 10.8 Å². The highest BCUT2D eigenvalue weighted by molar-refractivity contribution is 7.14. The molecule has 0 atom stereocenters. The number of aromatic nitrogens is 1. The Balaban J connectivity index is 1.46. The lowest BCUT2D eigenvalue weighted by Crippen LogP contribution is -2.51. The molecular formula is C21H28ClN5O2S. The summed E-state index contributed by atoms with van der Waals surface area (Å²) in [5, 5.41) is 9.11. The molecule has 9 heteroatoms. The van der Waals surface area contributed by atoms with Crippen LogP contribution >= 0.6 is 22.9 Å². The van der Waals surface area contributed by atoms with Crippen LogP contribution in [0.15, 0.2) is 29.6 Å².